The monoisotopic (exact) mass is 499 g/mol. The Morgan fingerprint density at radius 1 is 1.14 bits per heavy atom. The molecule has 0 bridgehead atoms. The van der Waals surface area contributed by atoms with E-state index in [1.165, 1.54) is 31.0 Å². The molecule has 0 radical (unpaired) electrons. The van der Waals surface area contributed by atoms with Crippen LogP contribution in [0.15, 0.2) is 53.7 Å². The highest BCUT2D eigenvalue weighted by atomic mass is 32.2. The Balaban J connectivity index is 1.38. The highest BCUT2D eigenvalue weighted by Gasteiger charge is 2.21. The molecule has 3 aromatic rings. The molecule has 0 unspecified atom stereocenters. The average molecular weight is 500 g/mol. The molecule has 1 aromatic heterocycles. The largest absolute Gasteiger partial charge is 0.465 e. The maximum absolute atomic E-state index is 13.2. The van der Waals surface area contributed by atoms with Gasteiger partial charge in [0.15, 0.2) is 11.0 Å². The molecule has 1 atom stereocenters. The molecule has 1 aliphatic heterocycles. The van der Waals surface area contributed by atoms with Crippen LogP contribution in [-0.2, 0) is 27.4 Å². The van der Waals surface area contributed by atoms with Gasteiger partial charge in [-0.2, -0.15) is 0 Å². The molecule has 2 N–H and O–H groups in total. The third-order valence-corrected chi connectivity index (χ3v) is 6.39. The Morgan fingerprint density at radius 3 is 2.57 bits per heavy atom. The summed E-state index contributed by atoms with van der Waals surface area (Å²) in [5.41, 5.74) is 1.75. The lowest BCUT2D eigenvalue weighted by Gasteiger charge is -2.15. The van der Waals surface area contributed by atoms with E-state index < -0.39 is 5.97 Å². The smallest absolute Gasteiger partial charge is 0.337 e. The molecule has 9 nitrogen and oxygen atoms in total. The molecule has 2 aromatic carbocycles. The fourth-order valence-corrected chi connectivity index (χ4v) is 4.38. The second-order valence-corrected chi connectivity index (χ2v) is 8.85. The van der Waals surface area contributed by atoms with E-state index in [0.717, 1.165) is 25.1 Å². The predicted octanol–water partition coefficient (Wildman–Crippen LogP) is 3.73. The number of methoxy groups -OCH3 is 1. The molecule has 184 valence electrons. The standard InChI is InChI=1S/C24H26FN5O4S/c1-33-23(32)16-4-8-19(9-5-16)27-22(31)15-35-24-29-28-21(30(24)14-20-3-2-12-34-20)13-26-18-10-6-17(25)7-11-18/h4-11,20,26H,2-3,12-15H2,1H3,(H,27,31)/t20-/m0/s1. The molecule has 0 saturated carbocycles. The number of nitrogens with zero attached hydrogens (tertiary/aromatic N) is 3. The van der Waals surface area contributed by atoms with Crippen molar-refractivity contribution in [2.75, 3.05) is 30.1 Å². The Kier molecular flexibility index (Phi) is 8.32. The minimum atomic E-state index is -0.436. The first-order valence-electron chi connectivity index (χ1n) is 11.2. The van der Waals surface area contributed by atoms with Gasteiger partial charge in [-0.3, -0.25) is 4.79 Å². The van der Waals surface area contributed by atoms with Crippen LogP contribution in [0.3, 0.4) is 0 Å². The van der Waals surface area contributed by atoms with Crippen LogP contribution in [0.4, 0.5) is 15.8 Å². The summed E-state index contributed by atoms with van der Waals surface area (Å²) in [4.78, 5) is 24.1. The van der Waals surface area contributed by atoms with Crippen molar-refractivity contribution in [1.29, 1.82) is 0 Å². The molecule has 2 heterocycles. The second kappa shape index (κ2) is 11.8. The summed E-state index contributed by atoms with van der Waals surface area (Å²) in [7, 11) is 1.32. The van der Waals surface area contributed by atoms with E-state index in [2.05, 4.69) is 25.6 Å². The van der Waals surface area contributed by atoms with Crippen molar-refractivity contribution in [2.24, 2.45) is 0 Å². The maximum atomic E-state index is 13.2. The zero-order valence-corrected chi connectivity index (χ0v) is 20.0. The maximum Gasteiger partial charge on any atom is 0.337 e. The minimum Gasteiger partial charge on any atom is -0.465 e. The topological polar surface area (TPSA) is 107 Å². The average Bonchev–Trinajstić information content (AvgIpc) is 3.53. The van der Waals surface area contributed by atoms with Crippen molar-refractivity contribution < 1.29 is 23.5 Å². The van der Waals surface area contributed by atoms with Gasteiger partial charge < -0.3 is 24.7 Å². The van der Waals surface area contributed by atoms with Crippen LogP contribution in [0.5, 0.6) is 0 Å². The van der Waals surface area contributed by atoms with Crippen molar-refractivity contribution in [1.82, 2.24) is 14.8 Å². The van der Waals surface area contributed by atoms with Crippen molar-refractivity contribution in [3.63, 3.8) is 0 Å². The number of benzene rings is 2. The molecular weight excluding hydrogens is 473 g/mol. The number of thioether (sulfide) groups is 1. The van der Waals surface area contributed by atoms with E-state index in [1.807, 2.05) is 4.57 Å². The lowest BCUT2D eigenvalue weighted by molar-refractivity contribution is -0.113. The number of hydrogen-bond donors (Lipinski definition) is 2. The Hall–Kier alpha value is -3.44. The number of hydrogen-bond acceptors (Lipinski definition) is 8. The molecule has 0 spiro atoms. The summed E-state index contributed by atoms with van der Waals surface area (Å²) >= 11 is 1.28. The number of halogens is 1. The highest BCUT2D eigenvalue weighted by molar-refractivity contribution is 7.99. The summed E-state index contributed by atoms with van der Waals surface area (Å²) in [6.45, 7) is 1.71. The molecule has 0 aliphatic carbocycles. The second-order valence-electron chi connectivity index (χ2n) is 7.91. The Bertz CT molecular complexity index is 1150. The van der Waals surface area contributed by atoms with Crippen molar-refractivity contribution >= 4 is 35.0 Å². The van der Waals surface area contributed by atoms with Crippen LogP contribution in [0.2, 0.25) is 0 Å². The van der Waals surface area contributed by atoms with E-state index in [9.17, 15) is 14.0 Å². The van der Waals surface area contributed by atoms with Crippen LogP contribution in [-0.4, -0.2) is 52.2 Å². The van der Waals surface area contributed by atoms with Gasteiger partial charge >= 0.3 is 5.97 Å². The lowest BCUT2D eigenvalue weighted by Crippen LogP contribution is -2.20. The molecule has 1 aliphatic rings. The number of carbonyl (C=O) groups excluding carboxylic acids is 2. The van der Waals surface area contributed by atoms with Crippen molar-refractivity contribution in [3.8, 4) is 0 Å². The van der Waals surface area contributed by atoms with Crippen molar-refractivity contribution in [2.45, 2.75) is 37.2 Å². The number of aromatic nitrogens is 3. The zero-order chi connectivity index (χ0) is 24.6. The van der Waals surface area contributed by atoms with E-state index in [4.69, 9.17) is 4.74 Å². The molecule has 35 heavy (non-hydrogen) atoms. The van der Waals surface area contributed by atoms with Gasteiger partial charge in [-0.1, -0.05) is 11.8 Å². The molecule has 4 rings (SSSR count). The normalized spacial score (nSPS) is 15.1. The third-order valence-electron chi connectivity index (χ3n) is 5.42. The molecule has 1 amide bonds. The summed E-state index contributed by atoms with van der Waals surface area (Å²) < 4.78 is 25.6. The van der Waals surface area contributed by atoms with Crippen LogP contribution in [0.1, 0.15) is 29.0 Å². The van der Waals surface area contributed by atoms with Crippen LogP contribution in [0.25, 0.3) is 0 Å². The number of nitrogens with one attached hydrogen (secondary N) is 2. The van der Waals surface area contributed by atoms with Crippen LogP contribution >= 0.6 is 11.8 Å². The van der Waals surface area contributed by atoms with E-state index in [0.29, 0.717) is 35.3 Å². The number of amides is 1. The first-order valence-corrected chi connectivity index (χ1v) is 12.1. The predicted molar refractivity (Wildman–Crippen MR) is 130 cm³/mol. The van der Waals surface area contributed by atoms with Gasteiger partial charge in [-0.05, 0) is 61.4 Å². The highest BCUT2D eigenvalue weighted by Crippen LogP contribution is 2.22. The van der Waals surface area contributed by atoms with Gasteiger partial charge in [0.1, 0.15) is 5.82 Å². The zero-order valence-electron chi connectivity index (χ0n) is 19.2. The number of ether oxygens (including phenoxy) is 2. The Labute approximate surface area is 206 Å². The summed E-state index contributed by atoms with van der Waals surface area (Å²) in [5, 5.41) is 15.3. The van der Waals surface area contributed by atoms with E-state index in [-0.39, 0.29) is 23.6 Å². The first kappa shape index (κ1) is 24.7. The Morgan fingerprint density at radius 2 is 1.89 bits per heavy atom. The van der Waals surface area contributed by atoms with Gasteiger partial charge in [-0.15, -0.1) is 10.2 Å². The van der Waals surface area contributed by atoms with Gasteiger partial charge in [0.2, 0.25) is 5.91 Å². The molecule has 1 saturated heterocycles. The van der Waals surface area contributed by atoms with Crippen LogP contribution < -0.4 is 10.6 Å². The lowest BCUT2D eigenvalue weighted by atomic mass is 10.2. The van der Waals surface area contributed by atoms with Crippen molar-refractivity contribution in [3.05, 3.63) is 65.7 Å². The number of rotatable bonds is 10. The summed E-state index contributed by atoms with van der Waals surface area (Å²) in [6.07, 6.45) is 2.03. The minimum absolute atomic E-state index is 0.0667. The fraction of sp³-hybridized carbons (Fsp3) is 0.333. The third kappa shape index (κ3) is 6.80. The SMILES string of the molecule is COC(=O)c1ccc(NC(=O)CSc2nnc(CNc3ccc(F)cc3)n2C[C@@H]2CCCO2)cc1. The molecular formula is C24H26FN5O4S. The number of anilines is 2. The van der Waals surface area contributed by atoms with Gasteiger partial charge in [0.05, 0.1) is 37.6 Å². The van der Waals surface area contributed by atoms with Gasteiger partial charge in [0.25, 0.3) is 0 Å². The quantitative estimate of drug-likeness (QED) is 0.321. The van der Waals surface area contributed by atoms with Crippen LogP contribution in [0, 0.1) is 5.82 Å². The van der Waals surface area contributed by atoms with E-state index in [1.54, 1.807) is 36.4 Å². The summed E-state index contributed by atoms with van der Waals surface area (Å²) in [5.74, 6) is -0.111. The van der Waals surface area contributed by atoms with E-state index >= 15 is 0 Å². The molecule has 11 heteroatoms. The number of carbonyl (C=O) groups is 2. The van der Waals surface area contributed by atoms with Gasteiger partial charge in [-0.25, -0.2) is 9.18 Å². The first-order chi connectivity index (χ1) is 17.0. The summed E-state index contributed by atoms with van der Waals surface area (Å²) in [6, 6.07) is 12.6. The number of esters is 1. The van der Waals surface area contributed by atoms with Gasteiger partial charge in [0, 0.05) is 18.0 Å². The fourth-order valence-electron chi connectivity index (χ4n) is 3.62. The molecule has 1 fully saturated rings.